The van der Waals surface area contributed by atoms with Crippen LogP contribution in [0.5, 0.6) is 0 Å². The van der Waals surface area contributed by atoms with Crippen molar-refractivity contribution in [1.29, 1.82) is 0 Å². The van der Waals surface area contributed by atoms with Gasteiger partial charge in [-0.1, -0.05) is 0 Å². The quantitative estimate of drug-likeness (QED) is 0.750. The predicted octanol–water partition coefficient (Wildman–Crippen LogP) is 0.861. The van der Waals surface area contributed by atoms with Crippen molar-refractivity contribution in [2.45, 2.75) is 19.0 Å². The van der Waals surface area contributed by atoms with E-state index in [1.165, 1.54) is 0 Å². The highest BCUT2D eigenvalue weighted by molar-refractivity contribution is 4.83. The van der Waals surface area contributed by atoms with Crippen LogP contribution in [0.2, 0.25) is 0 Å². The van der Waals surface area contributed by atoms with Gasteiger partial charge >= 0.3 is 6.18 Å². The molecule has 0 aliphatic carbocycles. The van der Waals surface area contributed by atoms with Crippen molar-refractivity contribution in [2.75, 3.05) is 32.8 Å². The van der Waals surface area contributed by atoms with E-state index in [1.54, 1.807) is 0 Å². The van der Waals surface area contributed by atoms with Gasteiger partial charge in [0.15, 0.2) is 0 Å². The van der Waals surface area contributed by atoms with Gasteiger partial charge in [-0.05, 0) is 13.0 Å². The molecule has 1 rings (SSSR count). The van der Waals surface area contributed by atoms with Crippen molar-refractivity contribution in [2.24, 2.45) is 11.8 Å². The van der Waals surface area contributed by atoms with Crippen molar-refractivity contribution in [3.05, 3.63) is 0 Å². The molecular formula is C10H18F3NO2. The van der Waals surface area contributed by atoms with Crippen LogP contribution in [0.15, 0.2) is 0 Å². The molecule has 1 heterocycles. The molecule has 0 amide bonds. The van der Waals surface area contributed by atoms with Crippen molar-refractivity contribution in [1.82, 2.24) is 4.90 Å². The Morgan fingerprint density at radius 3 is 1.94 bits per heavy atom. The number of alkyl halides is 3. The lowest BCUT2D eigenvalue weighted by Crippen LogP contribution is -2.24. The Kier molecular flexibility index (Phi) is 5.01. The second-order valence-electron chi connectivity index (χ2n) is 4.36. The fourth-order valence-corrected chi connectivity index (χ4v) is 2.14. The molecule has 1 saturated heterocycles. The topological polar surface area (TPSA) is 43.7 Å². The third-order valence-corrected chi connectivity index (χ3v) is 3.06. The third-order valence-electron chi connectivity index (χ3n) is 3.06. The van der Waals surface area contributed by atoms with Crippen molar-refractivity contribution in [3.63, 3.8) is 0 Å². The lowest BCUT2D eigenvalue weighted by Gasteiger charge is -2.15. The summed E-state index contributed by atoms with van der Waals surface area (Å²) in [6.45, 7) is 1.52. The molecule has 0 spiro atoms. The summed E-state index contributed by atoms with van der Waals surface area (Å²) in [6.07, 6.45) is -4.77. The number of aliphatic hydroxyl groups is 2. The van der Waals surface area contributed by atoms with E-state index in [-0.39, 0.29) is 31.5 Å². The summed E-state index contributed by atoms with van der Waals surface area (Å²) >= 11 is 0. The van der Waals surface area contributed by atoms with Crippen molar-refractivity contribution < 1.29 is 23.4 Å². The summed E-state index contributed by atoms with van der Waals surface area (Å²) in [6, 6.07) is 0. The molecule has 0 bridgehead atoms. The molecule has 0 aromatic rings. The van der Waals surface area contributed by atoms with Crippen LogP contribution in [-0.4, -0.2) is 54.1 Å². The maximum absolute atomic E-state index is 11.9. The first-order valence-corrected chi connectivity index (χ1v) is 5.47. The first kappa shape index (κ1) is 13.7. The highest BCUT2D eigenvalue weighted by Gasteiger charge is 2.32. The molecule has 6 heteroatoms. The van der Waals surface area contributed by atoms with Gasteiger partial charge in [0.1, 0.15) is 0 Å². The van der Waals surface area contributed by atoms with E-state index in [1.807, 2.05) is 4.90 Å². The lowest BCUT2D eigenvalue weighted by molar-refractivity contribution is -0.136. The monoisotopic (exact) mass is 241 g/mol. The minimum Gasteiger partial charge on any atom is -0.396 e. The Morgan fingerprint density at radius 1 is 1.06 bits per heavy atom. The second-order valence-corrected chi connectivity index (χ2v) is 4.36. The zero-order valence-electron chi connectivity index (χ0n) is 9.08. The van der Waals surface area contributed by atoms with E-state index < -0.39 is 12.6 Å². The number of hydrogen-bond acceptors (Lipinski definition) is 3. The smallest absolute Gasteiger partial charge is 0.389 e. The van der Waals surface area contributed by atoms with E-state index in [0.717, 1.165) is 0 Å². The Labute approximate surface area is 92.9 Å². The molecule has 1 aliphatic heterocycles. The van der Waals surface area contributed by atoms with Gasteiger partial charge < -0.3 is 15.1 Å². The van der Waals surface area contributed by atoms with Crippen molar-refractivity contribution in [3.8, 4) is 0 Å². The van der Waals surface area contributed by atoms with Gasteiger partial charge in [0, 0.05) is 44.6 Å². The Hall–Kier alpha value is -0.330. The van der Waals surface area contributed by atoms with E-state index in [0.29, 0.717) is 19.6 Å². The summed E-state index contributed by atoms with van der Waals surface area (Å²) in [5, 5.41) is 18.0. The van der Waals surface area contributed by atoms with Gasteiger partial charge in [0.05, 0.1) is 0 Å². The summed E-state index contributed by atoms with van der Waals surface area (Å²) < 4.78 is 35.8. The van der Waals surface area contributed by atoms with E-state index >= 15 is 0 Å². The number of aliphatic hydroxyl groups excluding tert-OH is 2. The molecule has 1 aliphatic rings. The molecule has 2 N–H and O–H groups in total. The molecule has 1 fully saturated rings. The largest absolute Gasteiger partial charge is 0.396 e. The van der Waals surface area contributed by atoms with Gasteiger partial charge in [0.2, 0.25) is 0 Å². The van der Waals surface area contributed by atoms with E-state index in [2.05, 4.69) is 0 Å². The summed E-state index contributed by atoms with van der Waals surface area (Å²) in [7, 11) is 0. The van der Waals surface area contributed by atoms with Crippen LogP contribution >= 0.6 is 0 Å². The fraction of sp³-hybridized carbons (Fsp3) is 1.00. The van der Waals surface area contributed by atoms with Gasteiger partial charge in [0.25, 0.3) is 0 Å². The average Bonchev–Trinajstić information content (AvgIpc) is 2.58. The second kappa shape index (κ2) is 5.84. The lowest BCUT2D eigenvalue weighted by atomic mass is 9.98. The molecule has 0 saturated carbocycles. The molecule has 16 heavy (non-hydrogen) atoms. The van der Waals surface area contributed by atoms with Gasteiger partial charge in [-0.3, -0.25) is 0 Å². The van der Waals surface area contributed by atoms with Crippen LogP contribution in [-0.2, 0) is 0 Å². The van der Waals surface area contributed by atoms with Crippen LogP contribution in [0.1, 0.15) is 12.8 Å². The molecular weight excluding hydrogens is 223 g/mol. The van der Waals surface area contributed by atoms with Gasteiger partial charge in [-0.25, -0.2) is 0 Å². The van der Waals surface area contributed by atoms with Gasteiger partial charge in [-0.15, -0.1) is 0 Å². The molecule has 0 radical (unpaired) electrons. The molecule has 96 valence electrons. The van der Waals surface area contributed by atoms with Gasteiger partial charge in [-0.2, -0.15) is 13.2 Å². The van der Waals surface area contributed by atoms with Crippen LogP contribution in [0.25, 0.3) is 0 Å². The van der Waals surface area contributed by atoms with Crippen LogP contribution in [0, 0.1) is 11.8 Å². The third kappa shape index (κ3) is 4.27. The first-order chi connectivity index (χ1) is 7.46. The minimum atomic E-state index is -4.09. The molecule has 0 unspecified atom stereocenters. The standard InChI is InChI=1S/C10H18F3NO2/c11-10(12,13)2-1-3-14-4-8(6-15)9(5-14)7-16/h8-9,15-16H,1-7H2/t8-,9-/m0/s1. The highest BCUT2D eigenvalue weighted by atomic mass is 19.4. The molecule has 3 nitrogen and oxygen atoms in total. The van der Waals surface area contributed by atoms with E-state index in [9.17, 15) is 13.2 Å². The Bertz CT molecular complexity index is 199. The number of halogens is 3. The predicted molar refractivity (Wildman–Crippen MR) is 52.9 cm³/mol. The number of hydrogen-bond donors (Lipinski definition) is 2. The normalized spacial score (nSPS) is 27.6. The summed E-state index contributed by atoms with van der Waals surface area (Å²) in [4.78, 5) is 1.88. The molecule has 2 atom stereocenters. The molecule has 0 aromatic heterocycles. The molecule has 0 aromatic carbocycles. The number of rotatable bonds is 5. The first-order valence-electron chi connectivity index (χ1n) is 5.47. The SMILES string of the molecule is OC[C@@H]1CN(CCCC(F)(F)F)C[C@H]1CO. The van der Waals surface area contributed by atoms with Crippen LogP contribution in [0.3, 0.4) is 0 Å². The zero-order valence-corrected chi connectivity index (χ0v) is 9.08. The Balaban J connectivity index is 2.25. The van der Waals surface area contributed by atoms with Crippen LogP contribution in [0.4, 0.5) is 13.2 Å². The zero-order chi connectivity index (χ0) is 12.2. The summed E-state index contributed by atoms with van der Waals surface area (Å²) in [5.41, 5.74) is 0. The van der Waals surface area contributed by atoms with E-state index in [4.69, 9.17) is 10.2 Å². The average molecular weight is 241 g/mol. The maximum Gasteiger partial charge on any atom is 0.389 e. The summed E-state index contributed by atoms with van der Waals surface area (Å²) in [5.74, 6) is -0.00762. The highest BCUT2D eigenvalue weighted by Crippen LogP contribution is 2.25. The maximum atomic E-state index is 11.9. The Morgan fingerprint density at radius 2 is 1.56 bits per heavy atom. The van der Waals surface area contributed by atoms with Crippen molar-refractivity contribution >= 4 is 0 Å². The number of nitrogens with zero attached hydrogens (tertiary/aromatic N) is 1. The van der Waals surface area contributed by atoms with Crippen LogP contribution < -0.4 is 0 Å². The number of likely N-dealkylation sites (tertiary alicyclic amines) is 1. The fourth-order valence-electron chi connectivity index (χ4n) is 2.14. The minimum absolute atomic E-state index is 0.00381.